The first kappa shape index (κ1) is 34.9. The highest BCUT2D eigenvalue weighted by atomic mass is 16.4. The number of fused-ring (bicyclic) bond motifs is 6. The molecule has 0 amide bonds. The predicted octanol–water partition coefficient (Wildman–Crippen LogP) is 8.15. The van der Waals surface area contributed by atoms with Gasteiger partial charge in [0.05, 0.1) is 11.1 Å². The fraction of sp³-hybridized carbons (Fsp3) is 0.170. The highest BCUT2D eigenvalue weighted by molar-refractivity contribution is 5.86. The number of hydrogen-bond donors (Lipinski definition) is 4. The maximum atomic E-state index is 13.6. The topological polar surface area (TPSA) is 116 Å². The number of Topliss-reactive ketones (excluding diaryl/α,β-unsaturated/α-hetero) is 1. The zero-order valence-corrected chi connectivity index (χ0v) is 29.6. The lowest BCUT2D eigenvalue weighted by Crippen LogP contribution is -2.52. The van der Waals surface area contributed by atoms with Crippen LogP contribution in [0, 0.1) is 0 Å². The Bertz CT molecular complexity index is 2100. The van der Waals surface area contributed by atoms with Gasteiger partial charge in [-0.15, -0.1) is 0 Å². The number of carboxylic acid groups (broad SMARTS) is 2. The number of carbonyl (C=O) groups excluding carboxylic acids is 1. The second kappa shape index (κ2) is 14.3. The van der Waals surface area contributed by atoms with E-state index in [1.54, 1.807) is 0 Å². The van der Waals surface area contributed by atoms with Gasteiger partial charge in [0.25, 0.3) is 0 Å². The molecule has 2 aliphatic rings. The first-order chi connectivity index (χ1) is 26.3. The van der Waals surface area contributed by atoms with Crippen LogP contribution < -0.4 is 10.6 Å². The molecule has 0 unspecified atom stereocenters. The number of nitrogens with one attached hydrogen (secondary N) is 2. The molecular weight excluding hydrogens is 673 g/mol. The van der Waals surface area contributed by atoms with Gasteiger partial charge in [0.15, 0.2) is 0 Å². The van der Waals surface area contributed by atoms with Gasteiger partial charge >= 0.3 is 11.9 Å². The van der Waals surface area contributed by atoms with Crippen molar-refractivity contribution in [1.82, 2.24) is 10.6 Å². The van der Waals surface area contributed by atoms with Crippen molar-refractivity contribution >= 4 is 17.7 Å². The Morgan fingerprint density at radius 2 is 0.704 bits per heavy atom. The molecule has 6 aromatic carbocycles. The monoisotopic (exact) mass is 712 g/mol. The Morgan fingerprint density at radius 1 is 0.426 bits per heavy atom. The molecule has 0 saturated carbocycles. The number of hydrogen-bond acceptors (Lipinski definition) is 5. The van der Waals surface area contributed by atoms with Crippen LogP contribution in [0.5, 0.6) is 0 Å². The molecule has 0 bridgehead atoms. The number of aliphatic carboxylic acids is 2. The van der Waals surface area contributed by atoms with Crippen LogP contribution in [0.25, 0.3) is 22.3 Å². The lowest BCUT2D eigenvalue weighted by atomic mass is 9.79. The Kier molecular flexibility index (Phi) is 9.28. The first-order valence-electron chi connectivity index (χ1n) is 18.4. The second-order valence-corrected chi connectivity index (χ2v) is 14.1. The maximum absolute atomic E-state index is 13.6. The van der Waals surface area contributed by atoms with Crippen LogP contribution in [0.2, 0.25) is 0 Å². The lowest BCUT2D eigenvalue weighted by molar-refractivity contribution is -0.140. The molecule has 7 heteroatoms. The van der Waals surface area contributed by atoms with E-state index >= 15 is 0 Å². The molecule has 268 valence electrons. The normalized spacial score (nSPS) is 15.3. The van der Waals surface area contributed by atoms with E-state index < -0.39 is 35.1 Å². The minimum absolute atomic E-state index is 0.0278. The minimum atomic E-state index is -1.07. The maximum Gasteiger partial charge on any atom is 0.320 e. The summed E-state index contributed by atoms with van der Waals surface area (Å²) in [4.78, 5) is 39.5. The predicted molar refractivity (Wildman–Crippen MR) is 209 cm³/mol. The zero-order chi connectivity index (χ0) is 37.3. The van der Waals surface area contributed by atoms with Gasteiger partial charge in [-0.05, 0) is 68.5 Å². The van der Waals surface area contributed by atoms with Crippen LogP contribution in [0.4, 0.5) is 0 Å². The van der Waals surface area contributed by atoms with E-state index in [4.69, 9.17) is 0 Å². The summed E-state index contributed by atoms with van der Waals surface area (Å²) in [6.07, 6.45) is 0.0137. The quantitative estimate of drug-likeness (QED) is 0.0901. The van der Waals surface area contributed by atoms with Crippen LogP contribution in [0.1, 0.15) is 59.1 Å². The first-order valence-corrected chi connectivity index (χ1v) is 18.4. The second-order valence-electron chi connectivity index (χ2n) is 14.1. The third-order valence-electron chi connectivity index (χ3n) is 11.1. The molecule has 0 aromatic heterocycles. The molecule has 0 saturated heterocycles. The number of ketones is 1. The van der Waals surface area contributed by atoms with Gasteiger partial charge in [-0.25, -0.2) is 0 Å². The molecule has 0 radical (unpaired) electrons. The van der Waals surface area contributed by atoms with Crippen LogP contribution >= 0.6 is 0 Å². The Labute approximate surface area is 314 Å². The van der Waals surface area contributed by atoms with Crippen molar-refractivity contribution in [2.75, 3.05) is 0 Å². The van der Waals surface area contributed by atoms with Gasteiger partial charge < -0.3 is 10.2 Å². The smallest absolute Gasteiger partial charge is 0.320 e. The molecule has 54 heavy (non-hydrogen) atoms. The summed E-state index contributed by atoms with van der Waals surface area (Å²) >= 11 is 0. The van der Waals surface area contributed by atoms with Crippen molar-refractivity contribution in [3.8, 4) is 22.3 Å². The molecule has 4 N–H and O–H groups in total. The third kappa shape index (κ3) is 5.82. The van der Waals surface area contributed by atoms with E-state index in [2.05, 4.69) is 34.9 Å². The molecule has 2 atom stereocenters. The van der Waals surface area contributed by atoms with Crippen molar-refractivity contribution < 1.29 is 24.6 Å². The van der Waals surface area contributed by atoms with E-state index in [1.165, 1.54) is 0 Å². The van der Waals surface area contributed by atoms with E-state index in [0.717, 1.165) is 55.6 Å². The van der Waals surface area contributed by atoms with Crippen molar-refractivity contribution in [1.29, 1.82) is 0 Å². The van der Waals surface area contributed by atoms with Gasteiger partial charge in [-0.1, -0.05) is 158 Å². The van der Waals surface area contributed by atoms with Crippen molar-refractivity contribution in [2.45, 2.75) is 48.8 Å². The van der Waals surface area contributed by atoms with Crippen LogP contribution in [0.3, 0.4) is 0 Å². The summed E-state index contributed by atoms with van der Waals surface area (Å²) in [5, 5.41) is 28.2. The summed E-state index contributed by atoms with van der Waals surface area (Å²) < 4.78 is 0. The van der Waals surface area contributed by atoms with Crippen molar-refractivity contribution in [3.05, 3.63) is 191 Å². The Hall–Kier alpha value is -6.15. The van der Waals surface area contributed by atoms with Gasteiger partial charge in [-0.2, -0.15) is 0 Å². The summed E-state index contributed by atoms with van der Waals surface area (Å²) in [6.45, 7) is 0. The highest BCUT2D eigenvalue weighted by Crippen LogP contribution is 2.52. The Morgan fingerprint density at radius 3 is 1.00 bits per heavy atom. The summed E-state index contributed by atoms with van der Waals surface area (Å²) in [6, 6.07) is 49.6. The van der Waals surface area contributed by atoms with Gasteiger partial charge in [0, 0.05) is 12.8 Å². The molecule has 2 aliphatic carbocycles. The largest absolute Gasteiger partial charge is 0.480 e. The van der Waals surface area contributed by atoms with Crippen molar-refractivity contribution in [2.24, 2.45) is 0 Å². The molecule has 6 aromatic rings. The SMILES string of the molecule is O=C(CC[C@H](NC1(c2ccccc2)c2ccccc2-c2ccccc21)C(=O)O)CC[C@H](NC1(c2ccccc2)c2ccccc2-c2ccccc21)C(=O)O. The number of carbonyl (C=O) groups is 3. The average Bonchev–Trinajstić information content (AvgIpc) is 3.66. The van der Waals surface area contributed by atoms with Crippen LogP contribution in [-0.4, -0.2) is 40.0 Å². The molecule has 8 rings (SSSR count). The van der Waals surface area contributed by atoms with E-state index in [0.29, 0.717) is 0 Å². The van der Waals surface area contributed by atoms with Crippen LogP contribution in [-0.2, 0) is 25.5 Å². The highest BCUT2D eigenvalue weighted by Gasteiger charge is 2.48. The molecular formula is C47H40N2O5. The minimum Gasteiger partial charge on any atom is -0.480 e. The number of rotatable bonds is 14. The summed E-state index contributed by atoms with van der Waals surface area (Å²) in [7, 11) is 0. The summed E-state index contributed by atoms with van der Waals surface area (Å²) in [5.74, 6) is -2.32. The number of carboxylic acids is 2. The molecule has 0 spiro atoms. The third-order valence-corrected chi connectivity index (χ3v) is 11.1. The zero-order valence-electron chi connectivity index (χ0n) is 29.6. The van der Waals surface area contributed by atoms with Gasteiger partial charge in [-0.3, -0.25) is 25.0 Å². The molecule has 7 nitrogen and oxygen atoms in total. The standard InChI is InChI=1S/C47H40N2O5/c50-33(27-29-42(44(51)52)48-46(31-15-3-1-4-16-31)38-23-11-7-19-34(38)35-20-8-12-24-39(35)46)28-30-43(45(53)54)49-47(32-17-5-2-6-18-32)40-25-13-9-21-36(40)37-22-10-14-26-41(37)47/h1-26,42-43,48-49H,27-30H2,(H,51,52)(H,53,54)/t42-,43-/m0/s1. The van der Waals surface area contributed by atoms with E-state index in [9.17, 15) is 24.6 Å². The van der Waals surface area contributed by atoms with Gasteiger partial charge in [0.1, 0.15) is 17.9 Å². The van der Waals surface area contributed by atoms with Crippen LogP contribution in [0.15, 0.2) is 158 Å². The fourth-order valence-electron chi connectivity index (χ4n) is 8.72. The van der Waals surface area contributed by atoms with E-state index in [-0.39, 0.29) is 31.5 Å². The average molecular weight is 713 g/mol. The molecule has 0 heterocycles. The summed E-state index contributed by atoms with van der Waals surface area (Å²) in [5.41, 5.74) is 7.79. The lowest BCUT2D eigenvalue weighted by Gasteiger charge is -2.37. The van der Waals surface area contributed by atoms with E-state index in [1.807, 2.05) is 133 Å². The molecule has 0 aliphatic heterocycles. The van der Waals surface area contributed by atoms with Crippen molar-refractivity contribution in [3.63, 3.8) is 0 Å². The molecule has 0 fully saturated rings. The number of benzene rings is 6. The van der Waals surface area contributed by atoms with Gasteiger partial charge in [0.2, 0.25) is 0 Å². The Balaban J connectivity index is 1.04. The fourth-order valence-corrected chi connectivity index (χ4v) is 8.72.